The lowest BCUT2D eigenvalue weighted by Crippen LogP contribution is -2.35. The smallest absolute Gasteiger partial charge is 0.256 e. The Kier molecular flexibility index (Phi) is 6.68. The summed E-state index contributed by atoms with van der Waals surface area (Å²) < 4.78 is 0. The lowest BCUT2D eigenvalue weighted by atomic mass is 9.99. The maximum Gasteiger partial charge on any atom is 0.256 e. The molecule has 0 saturated carbocycles. The molecule has 0 aliphatic carbocycles. The molecule has 1 aliphatic rings. The van der Waals surface area contributed by atoms with Crippen LogP contribution in [0.3, 0.4) is 0 Å². The monoisotopic (exact) mass is 430 g/mol. The van der Waals surface area contributed by atoms with E-state index in [1.54, 1.807) is 24.3 Å². The number of nitrogens with one attached hydrogen (secondary N) is 1. The van der Waals surface area contributed by atoms with Crippen molar-refractivity contribution in [2.45, 2.75) is 33.3 Å². The lowest BCUT2D eigenvalue weighted by Gasteiger charge is -2.33. The van der Waals surface area contributed by atoms with Gasteiger partial charge in [0.1, 0.15) is 6.10 Å². The van der Waals surface area contributed by atoms with Crippen molar-refractivity contribution in [2.24, 2.45) is 0 Å². The summed E-state index contributed by atoms with van der Waals surface area (Å²) >= 11 is 12.1. The number of amides is 1. The molecule has 0 saturated heterocycles. The molecule has 1 heterocycles. The Morgan fingerprint density at radius 2 is 1.79 bits per heavy atom. The Bertz CT molecular complexity index is 981. The average molecular weight is 431 g/mol. The third-order valence-electron chi connectivity index (χ3n) is 5.21. The van der Waals surface area contributed by atoms with Gasteiger partial charge in [0.05, 0.1) is 5.57 Å². The quantitative estimate of drug-likeness (QED) is 0.672. The molecule has 0 radical (unpaired) electrons. The number of aliphatic hydroxyl groups is 1. The number of allylic oxidation sites excluding steroid dienone is 2. The summed E-state index contributed by atoms with van der Waals surface area (Å²) in [6.45, 7) is 6.33. The number of hydrogen-bond acceptors (Lipinski definition) is 3. The molecule has 1 aliphatic heterocycles. The van der Waals surface area contributed by atoms with Gasteiger partial charge in [0.2, 0.25) is 0 Å². The highest BCUT2D eigenvalue weighted by Crippen LogP contribution is 2.29. The number of rotatable bonds is 5. The van der Waals surface area contributed by atoms with Gasteiger partial charge in [-0.15, -0.1) is 0 Å². The van der Waals surface area contributed by atoms with Crippen molar-refractivity contribution in [3.05, 3.63) is 86.7 Å². The second kappa shape index (κ2) is 9.04. The van der Waals surface area contributed by atoms with E-state index in [2.05, 4.69) is 10.2 Å². The maximum absolute atomic E-state index is 13.0. The van der Waals surface area contributed by atoms with E-state index >= 15 is 0 Å². The van der Waals surface area contributed by atoms with Crippen LogP contribution in [0.1, 0.15) is 25.0 Å². The highest BCUT2D eigenvalue weighted by molar-refractivity contribution is 6.32. The highest BCUT2D eigenvalue weighted by atomic mass is 35.5. The van der Waals surface area contributed by atoms with Crippen molar-refractivity contribution in [2.75, 3.05) is 11.9 Å². The Balaban J connectivity index is 1.81. The standard InChI is InChI=1S/C23H24Cl2N2O2/c1-14-13-21(28)22(23(29)26-20-6-4-5-19(25)15(20)2)16(3)27(14)12-11-17-7-9-18(24)10-8-17/h4-10,13,21,28H,11-12H2,1-3H3,(H,26,29). The van der Waals surface area contributed by atoms with Gasteiger partial charge in [-0.2, -0.15) is 0 Å². The van der Waals surface area contributed by atoms with E-state index in [1.807, 2.05) is 45.0 Å². The van der Waals surface area contributed by atoms with E-state index in [9.17, 15) is 9.90 Å². The zero-order valence-electron chi connectivity index (χ0n) is 16.7. The first-order chi connectivity index (χ1) is 13.8. The van der Waals surface area contributed by atoms with Gasteiger partial charge in [-0.3, -0.25) is 4.79 Å². The van der Waals surface area contributed by atoms with Crippen LogP contribution in [0.4, 0.5) is 5.69 Å². The van der Waals surface area contributed by atoms with Gasteiger partial charge in [0.25, 0.3) is 5.91 Å². The van der Waals surface area contributed by atoms with Crippen LogP contribution in [0.15, 0.2) is 65.5 Å². The lowest BCUT2D eigenvalue weighted by molar-refractivity contribution is -0.113. The molecule has 0 spiro atoms. The minimum Gasteiger partial charge on any atom is -0.384 e. The van der Waals surface area contributed by atoms with Crippen LogP contribution in [0.2, 0.25) is 10.0 Å². The van der Waals surface area contributed by atoms with Crippen LogP contribution < -0.4 is 5.32 Å². The maximum atomic E-state index is 13.0. The number of aliphatic hydroxyl groups excluding tert-OH is 1. The molecule has 6 heteroatoms. The summed E-state index contributed by atoms with van der Waals surface area (Å²) in [5.74, 6) is -0.333. The molecule has 2 aromatic carbocycles. The van der Waals surface area contributed by atoms with Crippen molar-refractivity contribution in [3.63, 3.8) is 0 Å². The molecule has 2 N–H and O–H groups in total. The van der Waals surface area contributed by atoms with Crippen LogP contribution in [0.25, 0.3) is 0 Å². The highest BCUT2D eigenvalue weighted by Gasteiger charge is 2.28. The van der Waals surface area contributed by atoms with Gasteiger partial charge in [-0.25, -0.2) is 0 Å². The van der Waals surface area contributed by atoms with Gasteiger partial charge in [0, 0.05) is 33.7 Å². The number of anilines is 1. The summed E-state index contributed by atoms with van der Waals surface area (Å²) in [6, 6.07) is 13.1. The van der Waals surface area contributed by atoms with E-state index in [0.717, 1.165) is 28.9 Å². The predicted molar refractivity (Wildman–Crippen MR) is 119 cm³/mol. The Hall–Kier alpha value is -2.27. The van der Waals surface area contributed by atoms with Crippen molar-refractivity contribution in [1.82, 2.24) is 4.90 Å². The molecule has 1 atom stereocenters. The molecule has 1 amide bonds. The second-order valence-electron chi connectivity index (χ2n) is 7.15. The first-order valence-electron chi connectivity index (χ1n) is 9.43. The zero-order chi connectivity index (χ0) is 21.1. The minimum absolute atomic E-state index is 0.333. The molecular formula is C23H24Cl2N2O2. The van der Waals surface area contributed by atoms with Crippen LogP contribution in [-0.2, 0) is 11.2 Å². The van der Waals surface area contributed by atoms with Crippen molar-refractivity contribution < 1.29 is 9.90 Å². The fourth-order valence-corrected chi connectivity index (χ4v) is 3.79. The summed E-state index contributed by atoms with van der Waals surface area (Å²) in [7, 11) is 0. The molecule has 0 aromatic heterocycles. The third-order valence-corrected chi connectivity index (χ3v) is 5.87. The molecule has 0 fully saturated rings. The van der Waals surface area contributed by atoms with Crippen LogP contribution in [0, 0.1) is 6.92 Å². The molecule has 3 rings (SSSR count). The normalized spacial score (nSPS) is 16.7. The largest absolute Gasteiger partial charge is 0.384 e. The van der Waals surface area contributed by atoms with E-state index in [0.29, 0.717) is 27.9 Å². The third kappa shape index (κ3) is 4.84. The summed E-state index contributed by atoms with van der Waals surface area (Å²) in [6.07, 6.45) is 1.54. The number of halogens is 2. The number of benzene rings is 2. The molecule has 4 nitrogen and oxygen atoms in total. The van der Waals surface area contributed by atoms with E-state index in [-0.39, 0.29) is 5.91 Å². The average Bonchev–Trinajstić information content (AvgIpc) is 2.66. The van der Waals surface area contributed by atoms with E-state index < -0.39 is 6.10 Å². The van der Waals surface area contributed by atoms with Crippen LogP contribution in [-0.4, -0.2) is 28.6 Å². The van der Waals surface area contributed by atoms with Gasteiger partial charge in [-0.1, -0.05) is 41.4 Å². The summed E-state index contributed by atoms with van der Waals surface area (Å²) in [5, 5.41) is 14.7. The van der Waals surface area contributed by atoms with Crippen molar-refractivity contribution in [1.29, 1.82) is 0 Å². The Morgan fingerprint density at radius 3 is 2.48 bits per heavy atom. The van der Waals surface area contributed by atoms with Crippen LogP contribution >= 0.6 is 23.2 Å². The van der Waals surface area contributed by atoms with Gasteiger partial charge >= 0.3 is 0 Å². The summed E-state index contributed by atoms with van der Waals surface area (Å²) in [4.78, 5) is 15.0. The van der Waals surface area contributed by atoms with Gasteiger partial charge in [-0.05, 0) is 68.7 Å². The van der Waals surface area contributed by atoms with E-state index in [4.69, 9.17) is 23.2 Å². The first-order valence-corrected chi connectivity index (χ1v) is 10.2. The Labute approximate surface area is 181 Å². The number of hydrogen-bond donors (Lipinski definition) is 2. The molecular weight excluding hydrogens is 407 g/mol. The fourth-order valence-electron chi connectivity index (χ4n) is 3.49. The predicted octanol–water partition coefficient (Wildman–Crippen LogP) is 5.34. The molecule has 1 unspecified atom stereocenters. The molecule has 152 valence electrons. The van der Waals surface area contributed by atoms with Gasteiger partial charge < -0.3 is 15.3 Å². The Morgan fingerprint density at radius 1 is 1.10 bits per heavy atom. The van der Waals surface area contributed by atoms with E-state index in [1.165, 1.54) is 0 Å². The number of carbonyl (C=O) groups is 1. The minimum atomic E-state index is -0.957. The summed E-state index contributed by atoms with van der Waals surface area (Å²) in [5.41, 5.74) is 4.57. The van der Waals surface area contributed by atoms with Crippen molar-refractivity contribution >= 4 is 34.8 Å². The van der Waals surface area contributed by atoms with Crippen LogP contribution in [0.5, 0.6) is 0 Å². The molecule has 0 bridgehead atoms. The van der Waals surface area contributed by atoms with Crippen molar-refractivity contribution in [3.8, 4) is 0 Å². The fraction of sp³-hybridized carbons (Fsp3) is 0.261. The molecule has 2 aromatic rings. The number of carbonyl (C=O) groups excluding carboxylic acids is 1. The zero-order valence-corrected chi connectivity index (χ0v) is 18.2. The number of nitrogens with zero attached hydrogens (tertiary/aromatic N) is 1. The second-order valence-corrected chi connectivity index (χ2v) is 7.99. The first kappa shape index (κ1) is 21.4. The molecule has 29 heavy (non-hydrogen) atoms. The topological polar surface area (TPSA) is 52.6 Å². The SMILES string of the molecule is CC1=CC(O)C(C(=O)Nc2cccc(Cl)c2C)=C(C)N1CCc1ccc(Cl)cc1. The van der Waals surface area contributed by atoms with Gasteiger partial charge in [0.15, 0.2) is 0 Å².